The molecule has 1 aromatic heterocycles. The van der Waals surface area contributed by atoms with Crippen molar-refractivity contribution in [3.05, 3.63) is 29.7 Å². The molecule has 1 aromatic rings. The normalized spacial score (nSPS) is 17.3. The van der Waals surface area contributed by atoms with Crippen molar-refractivity contribution in [2.45, 2.75) is 25.7 Å². The van der Waals surface area contributed by atoms with Gasteiger partial charge in [-0.05, 0) is 43.9 Å². The Labute approximate surface area is 66.7 Å². The molecular formula is C10H12O. The molecule has 0 radical (unpaired) electrons. The summed E-state index contributed by atoms with van der Waals surface area (Å²) in [4.78, 5) is 0. The van der Waals surface area contributed by atoms with Gasteiger partial charge in [-0.3, -0.25) is 0 Å². The van der Waals surface area contributed by atoms with Crippen LogP contribution < -0.4 is 0 Å². The van der Waals surface area contributed by atoms with E-state index in [-0.39, 0.29) is 0 Å². The SMILES string of the molecule is C(=C1CCCC1)c1ccco1. The zero-order chi connectivity index (χ0) is 7.52. The molecule has 1 saturated carbocycles. The molecule has 0 aliphatic heterocycles. The first-order valence-electron chi connectivity index (χ1n) is 4.18. The minimum Gasteiger partial charge on any atom is -0.465 e. The summed E-state index contributed by atoms with van der Waals surface area (Å²) >= 11 is 0. The molecule has 1 aliphatic carbocycles. The molecule has 0 amide bonds. The van der Waals surface area contributed by atoms with Gasteiger partial charge in [0.1, 0.15) is 5.76 Å². The van der Waals surface area contributed by atoms with Crippen LogP contribution in [0.25, 0.3) is 6.08 Å². The maximum atomic E-state index is 5.22. The van der Waals surface area contributed by atoms with Crippen molar-refractivity contribution in [3.63, 3.8) is 0 Å². The van der Waals surface area contributed by atoms with E-state index < -0.39 is 0 Å². The van der Waals surface area contributed by atoms with Crippen LogP contribution in [-0.4, -0.2) is 0 Å². The van der Waals surface area contributed by atoms with Crippen molar-refractivity contribution in [2.24, 2.45) is 0 Å². The Kier molecular flexibility index (Phi) is 1.80. The Morgan fingerprint density at radius 1 is 1.27 bits per heavy atom. The third-order valence-electron chi connectivity index (χ3n) is 2.14. The van der Waals surface area contributed by atoms with Gasteiger partial charge >= 0.3 is 0 Å². The predicted molar refractivity (Wildman–Crippen MR) is 45.2 cm³/mol. The van der Waals surface area contributed by atoms with Crippen LogP contribution in [0.3, 0.4) is 0 Å². The molecule has 1 nitrogen and oxygen atoms in total. The summed E-state index contributed by atoms with van der Waals surface area (Å²) in [6.45, 7) is 0. The molecule has 2 rings (SSSR count). The van der Waals surface area contributed by atoms with Crippen LogP contribution in [0.2, 0.25) is 0 Å². The first-order valence-corrected chi connectivity index (χ1v) is 4.18. The van der Waals surface area contributed by atoms with E-state index in [1.54, 1.807) is 11.8 Å². The van der Waals surface area contributed by atoms with Crippen molar-refractivity contribution < 1.29 is 4.42 Å². The van der Waals surface area contributed by atoms with Gasteiger partial charge in [0, 0.05) is 0 Å². The van der Waals surface area contributed by atoms with Gasteiger partial charge in [-0.25, -0.2) is 0 Å². The van der Waals surface area contributed by atoms with E-state index in [1.807, 2.05) is 12.1 Å². The number of hydrogen-bond acceptors (Lipinski definition) is 1. The highest BCUT2D eigenvalue weighted by atomic mass is 16.3. The summed E-state index contributed by atoms with van der Waals surface area (Å²) in [7, 11) is 0. The van der Waals surface area contributed by atoms with Gasteiger partial charge in [0.15, 0.2) is 0 Å². The van der Waals surface area contributed by atoms with E-state index in [0.29, 0.717) is 0 Å². The van der Waals surface area contributed by atoms with Gasteiger partial charge in [0.05, 0.1) is 6.26 Å². The molecule has 0 unspecified atom stereocenters. The van der Waals surface area contributed by atoms with Crippen molar-refractivity contribution in [1.82, 2.24) is 0 Å². The highest BCUT2D eigenvalue weighted by molar-refractivity contribution is 5.47. The Bertz CT molecular complexity index is 236. The third-order valence-corrected chi connectivity index (χ3v) is 2.14. The van der Waals surface area contributed by atoms with Crippen LogP contribution in [0, 0.1) is 0 Å². The fraction of sp³-hybridized carbons (Fsp3) is 0.400. The summed E-state index contributed by atoms with van der Waals surface area (Å²) in [6.07, 6.45) is 9.13. The molecule has 1 heterocycles. The summed E-state index contributed by atoms with van der Waals surface area (Å²) in [5.74, 6) is 1.00. The monoisotopic (exact) mass is 148 g/mol. The van der Waals surface area contributed by atoms with Crippen molar-refractivity contribution >= 4 is 6.08 Å². The smallest absolute Gasteiger partial charge is 0.126 e. The average molecular weight is 148 g/mol. The highest BCUT2D eigenvalue weighted by Crippen LogP contribution is 2.25. The maximum absolute atomic E-state index is 5.22. The largest absolute Gasteiger partial charge is 0.465 e. The van der Waals surface area contributed by atoms with Crippen LogP contribution in [0.4, 0.5) is 0 Å². The second-order valence-corrected chi connectivity index (χ2v) is 3.03. The molecule has 0 bridgehead atoms. The molecule has 0 N–H and O–H groups in total. The van der Waals surface area contributed by atoms with Gasteiger partial charge in [0.2, 0.25) is 0 Å². The van der Waals surface area contributed by atoms with Gasteiger partial charge in [-0.2, -0.15) is 0 Å². The minimum absolute atomic E-state index is 1.00. The second-order valence-electron chi connectivity index (χ2n) is 3.03. The van der Waals surface area contributed by atoms with Crippen molar-refractivity contribution in [3.8, 4) is 0 Å². The lowest BCUT2D eigenvalue weighted by molar-refractivity contribution is 0.556. The van der Waals surface area contributed by atoms with Crippen LogP contribution in [0.15, 0.2) is 28.4 Å². The number of hydrogen-bond donors (Lipinski definition) is 0. The van der Waals surface area contributed by atoms with Crippen molar-refractivity contribution in [1.29, 1.82) is 0 Å². The fourth-order valence-electron chi connectivity index (χ4n) is 1.55. The Morgan fingerprint density at radius 3 is 2.73 bits per heavy atom. The molecule has 11 heavy (non-hydrogen) atoms. The Hall–Kier alpha value is -0.980. The van der Waals surface area contributed by atoms with E-state index in [2.05, 4.69) is 6.08 Å². The number of rotatable bonds is 1. The Morgan fingerprint density at radius 2 is 2.09 bits per heavy atom. The van der Waals surface area contributed by atoms with E-state index in [1.165, 1.54) is 25.7 Å². The van der Waals surface area contributed by atoms with Gasteiger partial charge in [-0.1, -0.05) is 5.57 Å². The third kappa shape index (κ3) is 1.53. The van der Waals surface area contributed by atoms with Crippen LogP contribution in [0.5, 0.6) is 0 Å². The Balaban J connectivity index is 2.13. The lowest BCUT2D eigenvalue weighted by Crippen LogP contribution is -1.70. The molecule has 0 spiro atoms. The zero-order valence-electron chi connectivity index (χ0n) is 6.55. The second kappa shape index (κ2) is 2.95. The topological polar surface area (TPSA) is 13.1 Å². The van der Waals surface area contributed by atoms with Crippen LogP contribution >= 0.6 is 0 Å². The van der Waals surface area contributed by atoms with Gasteiger partial charge < -0.3 is 4.42 Å². The summed E-state index contributed by atoms with van der Waals surface area (Å²) in [5.41, 5.74) is 1.54. The average Bonchev–Trinajstić information content (AvgIpc) is 2.60. The summed E-state index contributed by atoms with van der Waals surface area (Å²) in [5, 5.41) is 0. The number of allylic oxidation sites excluding steroid dienone is 1. The standard InChI is InChI=1S/C10H12O/c1-2-5-9(4-1)8-10-6-3-7-11-10/h3,6-8H,1-2,4-5H2. The van der Waals surface area contributed by atoms with Crippen LogP contribution in [0.1, 0.15) is 31.4 Å². The van der Waals surface area contributed by atoms with Gasteiger partial charge in [-0.15, -0.1) is 0 Å². The van der Waals surface area contributed by atoms with E-state index >= 15 is 0 Å². The molecule has 0 saturated heterocycles. The molecule has 0 atom stereocenters. The fourth-order valence-corrected chi connectivity index (χ4v) is 1.55. The molecular weight excluding hydrogens is 136 g/mol. The summed E-state index contributed by atoms with van der Waals surface area (Å²) < 4.78 is 5.22. The maximum Gasteiger partial charge on any atom is 0.126 e. The van der Waals surface area contributed by atoms with Gasteiger partial charge in [0.25, 0.3) is 0 Å². The minimum atomic E-state index is 1.00. The predicted octanol–water partition coefficient (Wildman–Crippen LogP) is 3.24. The molecule has 0 aromatic carbocycles. The highest BCUT2D eigenvalue weighted by Gasteiger charge is 2.06. The molecule has 1 fully saturated rings. The van der Waals surface area contributed by atoms with Crippen LogP contribution in [-0.2, 0) is 0 Å². The van der Waals surface area contributed by atoms with E-state index in [4.69, 9.17) is 4.42 Å². The number of furan rings is 1. The van der Waals surface area contributed by atoms with E-state index in [0.717, 1.165) is 5.76 Å². The quantitative estimate of drug-likeness (QED) is 0.596. The van der Waals surface area contributed by atoms with Crippen molar-refractivity contribution in [2.75, 3.05) is 0 Å². The zero-order valence-corrected chi connectivity index (χ0v) is 6.55. The summed E-state index contributed by atoms with van der Waals surface area (Å²) in [6, 6.07) is 3.94. The first-order chi connectivity index (χ1) is 5.45. The molecule has 58 valence electrons. The molecule has 1 aliphatic rings. The van der Waals surface area contributed by atoms with E-state index in [9.17, 15) is 0 Å². The molecule has 1 heteroatoms. The lowest BCUT2D eigenvalue weighted by atomic mass is 10.2. The first kappa shape index (κ1) is 6.71. The lowest BCUT2D eigenvalue weighted by Gasteiger charge is -1.90.